The number of nitrogens with one attached hydrogen (secondary N) is 2. The van der Waals surface area contributed by atoms with Crippen LogP contribution in [0.25, 0.3) is 0 Å². The number of rotatable bonds is 4. The van der Waals surface area contributed by atoms with Gasteiger partial charge in [-0.05, 0) is 30.2 Å². The van der Waals surface area contributed by atoms with E-state index in [1.807, 2.05) is 7.05 Å². The molecular weight excluding hydrogens is 333 g/mol. The molecule has 0 aliphatic heterocycles. The minimum absolute atomic E-state index is 0. The third-order valence-corrected chi connectivity index (χ3v) is 3.37. The molecule has 1 fully saturated rings. The summed E-state index contributed by atoms with van der Waals surface area (Å²) in [4.78, 5) is 5.52. The van der Waals surface area contributed by atoms with Crippen molar-refractivity contribution in [3.63, 3.8) is 0 Å². The van der Waals surface area contributed by atoms with Crippen LogP contribution in [-0.4, -0.2) is 19.6 Å². The lowest BCUT2D eigenvalue weighted by molar-refractivity contribution is 0.739. The van der Waals surface area contributed by atoms with E-state index in [1.54, 1.807) is 11.3 Å². The number of aliphatic imine (C=N–C) groups is 1. The third kappa shape index (κ3) is 4.69. The van der Waals surface area contributed by atoms with Gasteiger partial charge in [-0.2, -0.15) is 0 Å². The van der Waals surface area contributed by atoms with Crippen LogP contribution < -0.4 is 10.6 Å². The summed E-state index contributed by atoms with van der Waals surface area (Å²) in [7, 11) is 1.82. The largest absolute Gasteiger partial charge is 0.356 e. The van der Waals surface area contributed by atoms with Crippen LogP contribution in [0.3, 0.4) is 0 Å². The Kier molecular flexibility index (Phi) is 6.12. The van der Waals surface area contributed by atoms with Gasteiger partial charge < -0.3 is 10.6 Å². The zero-order valence-corrected chi connectivity index (χ0v) is 12.5. The number of guanidine groups is 1. The van der Waals surface area contributed by atoms with Crippen LogP contribution in [-0.2, 0) is 6.54 Å². The summed E-state index contributed by atoms with van der Waals surface area (Å²) >= 11 is 1.77. The summed E-state index contributed by atoms with van der Waals surface area (Å²) in [5.41, 5.74) is 0. The second-order valence-corrected chi connectivity index (χ2v) is 4.86. The van der Waals surface area contributed by atoms with Gasteiger partial charge in [0.2, 0.25) is 0 Å². The van der Waals surface area contributed by atoms with E-state index in [0.717, 1.165) is 25.0 Å². The predicted molar refractivity (Wildman–Crippen MR) is 80.7 cm³/mol. The second kappa shape index (κ2) is 7.11. The molecule has 16 heavy (non-hydrogen) atoms. The van der Waals surface area contributed by atoms with E-state index >= 15 is 0 Å². The first-order valence-electron chi connectivity index (χ1n) is 5.35. The minimum Gasteiger partial charge on any atom is -0.356 e. The summed E-state index contributed by atoms with van der Waals surface area (Å²) < 4.78 is 0. The molecule has 1 aliphatic carbocycles. The summed E-state index contributed by atoms with van der Waals surface area (Å²) in [5.74, 6) is 1.79. The van der Waals surface area contributed by atoms with Crippen molar-refractivity contribution in [3.05, 3.63) is 22.4 Å². The lowest BCUT2D eigenvalue weighted by atomic mass is 10.4. The third-order valence-electron chi connectivity index (χ3n) is 2.49. The Labute approximate surface area is 118 Å². The highest BCUT2D eigenvalue weighted by Gasteiger charge is 2.20. The SMILES string of the molecule is CN=C(NCc1cccs1)NCC1CC1.I. The van der Waals surface area contributed by atoms with Gasteiger partial charge in [-0.1, -0.05) is 6.07 Å². The van der Waals surface area contributed by atoms with Crippen molar-refractivity contribution in [1.82, 2.24) is 10.6 Å². The molecule has 0 bridgehead atoms. The van der Waals surface area contributed by atoms with Gasteiger partial charge in [0, 0.05) is 18.5 Å². The lowest BCUT2D eigenvalue weighted by Crippen LogP contribution is -2.37. The fourth-order valence-corrected chi connectivity index (χ4v) is 2.01. The monoisotopic (exact) mass is 351 g/mol. The summed E-state index contributed by atoms with van der Waals surface area (Å²) in [6.07, 6.45) is 2.74. The fraction of sp³-hybridized carbons (Fsp3) is 0.545. The van der Waals surface area contributed by atoms with Gasteiger partial charge in [0.05, 0.1) is 6.54 Å². The molecule has 3 nitrogen and oxygen atoms in total. The van der Waals surface area contributed by atoms with Crippen LogP contribution in [0.5, 0.6) is 0 Å². The first-order valence-corrected chi connectivity index (χ1v) is 6.23. The maximum atomic E-state index is 4.19. The molecule has 1 aromatic rings. The molecule has 1 aromatic heterocycles. The molecule has 1 saturated carbocycles. The average Bonchev–Trinajstić information content (AvgIpc) is 2.94. The number of halogens is 1. The Morgan fingerprint density at radius 1 is 1.50 bits per heavy atom. The number of hydrogen-bond donors (Lipinski definition) is 2. The van der Waals surface area contributed by atoms with Crippen LogP contribution in [0.2, 0.25) is 0 Å². The smallest absolute Gasteiger partial charge is 0.191 e. The highest BCUT2D eigenvalue weighted by atomic mass is 127. The van der Waals surface area contributed by atoms with Crippen LogP contribution in [0, 0.1) is 5.92 Å². The van der Waals surface area contributed by atoms with Gasteiger partial charge >= 0.3 is 0 Å². The average molecular weight is 351 g/mol. The molecule has 2 N–H and O–H groups in total. The molecule has 0 unspecified atom stereocenters. The molecule has 1 aliphatic rings. The molecule has 0 spiro atoms. The van der Waals surface area contributed by atoms with E-state index in [2.05, 4.69) is 33.1 Å². The van der Waals surface area contributed by atoms with Gasteiger partial charge in [-0.3, -0.25) is 4.99 Å². The van der Waals surface area contributed by atoms with Crippen molar-refractivity contribution in [3.8, 4) is 0 Å². The van der Waals surface area contributed by atoms with E-state index in [9.17, 15) is 0 Å². The minimum atomic E-state index is 0. The fourth-order valence-electron chi connectivity index (χ4n) is 1.37. The van der Waals surface area contributed by atoms with Gasteiger partial charge in [0.25, 0.3) is 0 Å². The second-order valence-electron chi connectivity index (χ2n) is 3.83. The molecule has 0 amide bonds. The highest BCUT2D eigenvalue weighted by molar-refractivity contribution is 14.0. The zero-order valence-electron chi connectivity index (χ0n) is 9.40. The van der Waals surface area contributed by atoms with Crippen molar-refractivity contribution in [2.24, 2.45) is 10.9 Å². The molecule has 0 saturated heterocycles. The van der Waals surface area contributed by atoms with Gasteiger partial charge in [0.15, 0.2) is 5.96 Å². The number of nitrogens with zero attached hydrogens (tertiary/aromatic N) is 1. The topological polar surface area (TPSA) is 36.4 Å². The van der Waals surface area contributed by atoms with E-state index in [-0.39, 0.29) is 24.0 Å². The van der Waals surface area contributed by atoms with Crippen LogP contribution in [0.1, 0.15) is 17.7 Å². The first kappa shape index (κ1) is 13.8. The normalized spacial score (nSPS) is 15.4. The lowest BCUT2D eigenvalue weighted by Gasteiger charge is -2.10. The molecule has 0 aromatic carbocycles. The molecule has 1 heterocycles. The number of thiophene rings is 1. The molecule has 90 valence electrons. The van der Waals surface area contributed by atoms with Crippen LogP contribution >= 0.6 is 35.3 Å². The molecular formula is C11H18IN3S. The summed E-state index contributed by atoms with van der Waals surface area (Å²) in [6, 6.07) is 4.20. The highest BCUT2D eigenvalue weighted by Crippen LogP contribution is 2.27. The Morgan fingerprint density at radius 2 is 2.31 bits per heavy atom. The Hall–Kier alpha value is -0.300. The van der Waals surface area contributed by atoms with Crippen molar-refractivity contribution in [2.45, 2.75) is 19.4 Å². The summed E-state index contributed by atoms with van der Waals surface area (Å²) in [5, 5.41) is 8.74. The standard InChI is InChI=1S/C11H17N3S.HI/c1-12-11(13-7-9-4-5-9)14-8-10-3-2-6-15-10;/h2-3,6,9H,4-5,7-8H2,1H3,(H2,12,13,14);1H. The first-order chi connectivity index (χ1) is 7.38. The zero-order chi connectivity index (χ0) is 10.5. The van der Waals surface area contributed by atoms with E-state index < -0.39 is 0 Å². The van der Waals surface area contributed by atoms with E-state index in [1.165, 1.54) is 17.7 Å². The molecule has 2 rings (SSSR count). The maximum absolute atomic E-state index is 4.19. The Morgan fingerprint density at radius 3 is 2.88 bits per heavy atom. The maximum Gasteiger partial charge on any atom is 0.191 e. The summed E-state index contributed by atoms with van der Waals surface area (Å²) in [6.45, 7) is 1.92. The molecule has 0 atom stereocenters. The van der Waals surface area contributed by atoms with Crippen molar-refractivity contribution in [1.29, 1.82) is 0 Å². The van der Waals surface area contributed by atoms with Gasteiger partial charge in [-0.15, -0.1) is 35.3 Å². The van der Waals surface area contributed by atoms with Crippen LogP contribution in [0.4, 0.5) is 0 Å². The predicted octanol–water partition coefficient (Wildman–Crippen LogP) is 2.44. The molecule has 5 heteroatoms. The van der Waals surface area contributed by atoms with Crippen LogP contribution in [0.15, 0.2) is 22.5 Å². The van der Waals surface area contributed by atoms with Crippen molar-refractivity contribution in [2.75, 3.05) is 13.6 Å². The van der Waals surface area contributed by atoms with Gasteiger partial charge in [0.1, 0.15) is 0 Å². The Balaban J connectivity index is 0.00000128. The van der Waals surface area contributed by atoms with Crippen molar-refractivity contribution < 1.29 is 0 Å². The Bertz CT molecular complexity index is 320. The van der Waals surface area contributed by atoms with E-state index in [0.29, 0.717) is 0 Å². The van der Waals surface area contributed by atoms with E-state index in [4.69, 9.17) is 0 Å². The quantitative estimate of drug-likeness (QED) is 0.497. The number of hydrogen-bond acceptors (Lipinski definition) is 2. The molecule has 0 radical (unpaired) electrons. The van der Waals surface area contributed by atoms with Crippen molar-refractivity contribution >= 4 is 41.3 Å². The van der Waals surface area contributed by atoms with Gasteiger partial charge in [-0.25, -0.2) is 0 Å².